The summed E-state index contributed by atoms with van der Waals surface area (Å²) in [4.78, 5) is 12.4. The topological polar surface area (TPSA) is 38.3 Å². The molecule has 26 heavy (non-hydrogen) atoms. The van der Waals surface area contributed by atoms with Crippen molar-refractivity contribution in [2.45, 2.75) is 6.42 Å². The Hall–Kier alpha value is -2.49. The van der Waals surface area contributed by atoms with Gasteiger partial charge in [-0.3, -0.25) is 4.79 Å². The summed E-state index contributed by atoms with van der Waals surface area (Å²) >= 11 is 11.9. The molecule has 0 aliphatic rings. The molecule has 0 aromatic heterocycles. The first-order chi connectivity index (χ1) is 12.6. The molecule has 0 aliphatic carbocycles. The molecule has 0 saturated heterocycles. The number of hydrogen-bond donors (Lipinski definition) is 1. The number of rotatable bonds is 6. The lowest BCUT2D eigenvalue weighted by atomic mass is 10.1. The lowest BCUT2D eigenvalue weighted by molar-refractivity contribution is 0.102. The van der Waals surface area contributed by atoms with Gasteiger partial charge in [-0.15, -0.1) is 0 Å². The molecule has 0 radical (unpaired) electrons. The van der Waals surface area contributed by atoms with E-state index in [-0.39, 0.29) is 5.91 Å². The lowest BCUT2D eigenvalue weighted by Crippen LogP contribution is -2.12. The highest BCUT2D eigenvalue weighted by Gasteiger charge is 2.08. The Morgan fingerprint density at radius 1 is 0.885 bits per heavy atom. The Balaban J connectivity index is 1.61. The second-order valence-electron chi connectivity index (χ2n) is 5.72. The Labute approximate surface area is 162 Å². The van der Waals surface area contributed by atoms with Crippen molar-refractivity contribution in [3.63, 3.8) is 0 Å². The number of ether oxygens (including phenoxy) is 1. The van der Waals surface area contributed by atoms with Gasteiger partial charge in [0, 0.05) is 27.7 Å². The SMILES string of the molecule is O=C(Nc1cc(Cl)cc(Cl)c1)c1cccc(OCCc2ccccc2)c1. The van der Waals surface area contributed by atoms with Crippen molar-refractivity contribution in [2.24, 2.45) is 0 Å². The molecule has 0 bridgehead atoms. The first kappa shape index (κ1) is 18.3. The van der Waals surface area contributed by atoms with E-state index in [1.165, 1.54) is 5.56 Å². The first-order valence-corrected chi connectivity index (χ1v) is 8.90. The molecule has 3 aromatic carbocycles. The van der Waals surface area contributed by atoms with E-state index in [1.807, 2.05) is 24.3 Å². The highest BCUT2D eigenvalue weighted by molar-refractivity contribution is 6.35. The van der Waals surface area contributed by atoms with E-state index in [4.69, 9.17) is 27.9 Å². The van der Waals surface area contributed by atoms with Gasteiger partial charge in [0.15, 0.2) is 0 Å². The van der Waals surface area contributed by atoms with Crippen LogP contribution in [0.3, 0.4) is 0 Å². The fourth-order valence-electron chi connectivity index (χ4n) is 2.49. The average molecular weight is 386 g/mol. The lowest BCUT2D eigenvalue weighted by Gasteiger charge is -2.09. The molecule has 0 atom stereocenters. The summed E-state index contributed by atoms with van der Waals surface area (Å²) in [6, 6.07) is 22.1. The average Bonchev–Trinajstić information content (AvgIpc) is 2.62. The molecule has 3 aromatic rings. The molecule has 0 aliphatic heterocycles. The van der Waals surface area contributed by atoms with Crippen LogP contribution in [0.1, 0.15) is 15.9 Å². The van der Waals surface area contributed by atoms with Crippen molar-refractivity contribution >= 4 is 34.8 Å². The number of halogens is 2. The van der Waals surface area contributed by atoms with Gasteiger partial charge in [-0.25, -0.2) is 0 Å². The van der Waals surface area contributed by atoms with Crippen LogP contribution in [0.5, 0.6) is 5.75 Å². The van der Waals surface area contributed by atoms with Gasteiger partial charge in [-0.05, 0) is 42.0 Å². The Morgan fingerprint density at radius 3 is 2.35 bits per heavy atom. The normalized spacial score (nSPS) is 10.4. The predicted octanol–water partition coefficient (Wildman–Crippen LogP) is 5.87. The van der Waals surface area contributed by atoms with Gasteiger partial charge in [0.1, 0.15) is 5.75 Å². The van der Waals surface area contributed by atoms with Crippen LogP contribution in [0.2, 0.25) is 10.0 Å². The number of hydrogen-bond acceptors (Lipinski definition) is 2. The molecule has 0 saturated carbocycles. The van der Waals surface area contributed by atoms with E-state index in [0.717, 1.165) is 6.42 Å². The number of benzene rings is 3. The van der Waals surface area contributed by atoms with Gasteiger partial charge in [0.05, 0.1) is 6.61 Å². The van der Waals surface area contributed by atoms with E-state index in [2.05, 4.69) is 17.4 Å². The van der Waals surface area contributed by atoms with Crippen LogP contribution in [-0.2, 0) is 6.42 Å². The molecule has 0 unspecified atom stereocenters. The first-order valence-electron chi connectivity index (χ1n) is 8.14. The van der Waals surface area contributed by atoms with Gasteiger partial charge in [-0.1, -0.05) is 59.6 Å². The zero-order valence-electron chi connectivity index (χ0n) is 13.9. The molecule has 3 nitrogen and oxygen atoms in total. The van der Waals surface area contributed by atoms with Crippen molar-refractivity contribution in [2.75, 3.05) is 11.9 Å². The van der Waals surface area contributed by atoms with Gasteiger partial charge in [0.25, 0.3) is 5.91 Å². The monoisotopic (exact) mass is 385 g/mol. The smallest absolute Gasteiger partial charge is 0.255 e. The molecule has 1 amide bonds. The van der Waals surface area contributed by atoms with E-state index in [0.29, 0.717) is 33.7 Å². The third-order valence-electron chi connectivity index (χ3n) is 3.72. The minimum absolute atomic E-state index is 0.253. The highest BCUT2D eigenvalue weighted by atomic mass is 35.5. The van der Waals surface area contributed by atoms with Crippen LogP contribution < -0.4 is 10.1 Å². The number of amides is 1. The number of nitrogens with one attached hydrogen (secondary N) is 1. The second-order valence-corrected chi connectivity index (χ2v) is 6.60. The largest absolute Gasteiger partial charge is 0.493 e. The van der Waals surface area contributed by atoms with Gasteiger partial charge >= 0.3 is 0 Å². The Morgan fingerprint density at radius 2 is 1.62 bits per heavy atom. The maximum Gasteiger partial charge on any atom is 0.255 e. The van der Waals surface area contributed by atoms with Crippen LogP contribution in [0, 0.1) is 0 Å². The summed E-state index contributed by atoms with van der Waals surface area (Å²) in [5.74, 6) is 0.398. The van der Waals surface area contributed by atoms with Crippen LogP contribution in [0.25, 0.3) is 0 Å². The predicted molar refractivity (Wildman–Crippen MR) is 106 cm³/mol. The van der Waals surface area contributed by atoms with Crippen molar-refractivity contribution in [1.29, 1.82) is 0 Å². The van der Waals surface area contributed by atoms with Gasteiger partial charge in [-0.2, -0.15) is 0 Å². The summed E-state index contributed by atoms with van der Waals surface area (Å²) in [6.07, 6.45) is 0.804. The van der Waals surface area contributed by atoms with Crippen molar-refractivity contribution in [3.8, 4) is 5.75 Å². The van der Waals surface area contributed by atoms with Gasteiger partial charge in [0.2, 0.25) is 0 Å². The Bertz CT molecular complexity index is 877. The zero-order chi connectivity index (χ0) is 18.4. The summed E-state index contributed by atoms with van der Waals surface area (Å²) < 4.78 is 5.77. The van der Waals surface area contributed by atoms with E-state index in [1.54, 1.807) is 36.4 Å². The summed E-state index contributed by atoms with van der Waals surface area (Å²) in [5.41, 5.74) is 2.25. The van der Waals surface area contributed by atoms with Crippen molar-refractivity contribution in [1.82, 2.24) is 0 Å². The molecule has 0 fully saturated rings. The standard InChI is InChI=1S/C21H17Cl2NO2/c22-17-12-18(23)14-19(13-17)24-21(25)16-7-4-8-20(11-16)26-10-9-15-5-2-1-3-6-15/h1-8,11-14H,9-10H2,(H,24,25). The third-order valence-corrected chi connectivity index (χ3v) is 4.16. The van der Waals surface area contributed by atoms with Crippen molar-refractivity contribution in [3.05, 3.63) is 94.0 Å². The highest BCUT2D eigenvalue weighted by Crippen LogP contribution is 2.23. The fraction of sp³-hybridized carbons (Fsp3) is 0.0952. The fourth-order valence-corrected chi connectivity index (χ4v) is 3.01. The van der Waals surface area contributed by atoms with E-state index >= 15 is 0 Å². The minimum atomic E-state index is -0.253. The molecule has 5 heteroatoms. The number of anilines is 1. The molecule has 3 rings (SSSR count). The molecule has 0 spiro atoms. The molecule has 1 N–H and O–H groups in total. The summed E-state index contributed by atoms with van der Waals surface area (Å²) in [5, 5.41) is 3.71. The van der Waals surface area contributed by atoms with E-state index in [9.17, 15) is 4.79 Å². The molecule has 0 heterocycles. The van der Waals surface area contributed by atoms with Crippen LogP contribution >= 0.6 is 23.2 Å². The maximum absolute atomic E-state index is 12.4. The third kappa shape index (κ3) is 5.25. The zero-order valence-corrected chi connectivity index (χ0v) is 15.4. The maximum atomic E-state index is 12.4. The quantitative estimate of drug-likeness (QED) is 0.576. The number of carbonyl (C=O) groups is 1. The van der Waals surface area contributed by atoms with Crippen LogP contribution in [0.15, 0.2) is 72.8 Å². The molecular weight excluding hydrogens is 369 g/mol. The van der Waals surface area contributed by atoms with E-state index < -0.39 is 0 Å². The second kappa shape index (κ2) is 8.75. The van der Waals surface area contributed by atoms with Crippen LogP contribution in [0.4, 0.5) is 5.69 Å². The minimum Gasteiger partial charge on any atom is -0.493 e. The Kier molecular flexibility index (Phi) is 6.16. The van der Waals surface area contributed by atoms with Crippen molar-refractivity contribution < 1.29 is 9.53 Å². The van der Waals surface area contributed by atoms with Crippen LogP contribution in [-0.4, -0.2) is 12.5 Å². The molecule has 132 valence electrons. The molecular formula is C21H17Cl2NO2. The summed E-state index contributed by atoms with van der Waals surface area (Å²) in [7, 11) is 0. The number of carbonyl (C=O) groups excluding carboxylic acids is 1. The summed E-state index contributed by atoms with van der Waals surface area (Å²) in [6.45, 7) is 0.541. The van der Waals surface area contributed by atoms with Gasteiger partial charge < -0.3 is 10.1 Å².